The summed E-state index contributed by atoms with van der Waals surface area (Å²) in [5.41, 5.74) is 2.13. The first-order valence-electron chi connectivity index (χ1n) is 11.1. The predicted octanol–water partition coefficient (Wildman–Crippen LogP) is 5.36. The molecule has 0 bridgehead atoms. The summed E-state index contributed by atoms with van der Waals surface area (Å²) in [6.45, 7) is 2.40. The Balaban J connectivity index is 1.74. The van der Waals surface area contributed by atoms with Gasteiger partial charge in [-0.25, -0.2) is 12.7 Å². The van der Waals surface area contributed by atoms with Crippen molar-refractivity contribution in [1.29, 1.82) is 0 Å². The van der Waals surface area contributed by atoms with Crippen molar-refractivity contribution in [2.75, 3.05) is 30.0 Å². The van der Waals surface area contributed by atoms with E-state index < -0.39 is 10.0 Å². The van der Waals surface area contributed by atoms with Crippen LogP contribution in [-0.2, 0) is 10.0 Å². The highest BCUT2D eigenvalue weighted by molar-refractivity contribution is 7.93. The summed E-state index contributed by atoms with van der Waals surface area (Å²) in [7, 11) is -0.986. The van der Waals surface area contributed by atoms with Gasteiger partial charge in [-0.15, -0.1) is 0 Å². The molecular weight excluding hydrogens is 464 g/mol. The molecule has 0 aromatic heterocycles. The van der Waals surface area contributed by atoms with Gasteiger partial charge in [-0.1, -0.05) is 12.1 Å². The fourth-order valence-electron chi connectivity index (χ4n) is 4.52. The van der Waals surface area contributed by atoms with Gasteiger partial charge < -0.3 is 14.4 Å². The zero-order valence-corrected chi connectivity index (χ0v) is 20.4. The van der Waals surface area contributed by atoms with Crippen molar-refractivity contribution in [3.63, 3.8) is 0 Å². The molecule has 0 saturated carbocycles. The van der Waals surface area contributed by atoms with Gasteiger partial charge in [0.05, 0.1) is 36.2 Å². The van der Waals surface area contributed by atoms with E-state index in [4.69, 9.17) is 9.47 Å². The first-order valence-corrected chi connectivity index (χ1v) is 12.6. The third-order valence-corrected chi connectivity index (χ3v) is 8.01. The van der Waals surface area contributed by atoms with Crippen LogP contribution in [-0.4, -0.2) is 35.1 Å². The fourth-order valence-corrected chi connectivity index (χ4v) is 6.20. The first-order chi connectivity index (χ1) is 16.9. The van der Waals surface area contributed by atoms with Crippen LogP contribution in [0, 0.1) is 0 Å². The number of methoxy groups -OCH3 is 2. The molecule has 0 fully saturated rings. The SMILES string of the molecule is CCN1C(=O)c2cccc3c(S(=O)(=O)N(c4ccc(OC)cc4)c4ccc(OC)cc4)ccc1c23. The van der Waals surface area contributed by atoms with Crippen LogP contribution in [0.3, 0.4) is 0 Å². The lowest BCUT2D eigenvalue weighted by Gasteiger charge is -2.26. The molecule has 178 valence electrons. The van der Waals surface area contributed by atoms with Crippen LogP contribution in [0.2, 0.25) is 0 Å². The summed E-state index contributed by atoms with van der Waals surface area (Å²) in [6.07, 6.45) is 0. The highest BCUT2D eigenvalue weighted by atomic mass is 32.2. The normalized spacial score (nSPS) is 12.8. The summed E-state index contributed by atoms with van der Waals surface area (Å²) in [5.74, 6) is 1.11. The van der Waals surface area contributed by atoms with E-state index in [1.54, 1.807) is 98.0 Å². The standard InChI is InChI=1S/C27H24N2O5S/c1-4-28-24-16-17-25(22-6-5-7-23(26(22)24)27(28)30)35(31,32)29(18-8-12-20(33-2)13-9-18)19-10-14-21(34-3)15-11-19/h5-17H,4H2,1-3H3. The minimum atomic E-state index is -4.10. The van der Waals surface area contributed by atoms with Crippen molar-refractivity contribution in [2.24, 2.45) is 0 Å². The van der Waals surface area contributed by atoms with Gasteiger partial charge in [0.2, 0.25) is 0 Å². The summed E-state index contributed by atoms with van der Waals surface area (Å²) < 4.78 is 40.4. The van der Waals surface area contributed by atoms with E-state index in [2.05, 4.69) is 0 Å². The van der Waals surface area contributed by atoms with Gasteiger partial charge >= 0.3 is 0 Å². The van der Waals surface area contributed by atoms with Crippen LogP contribution in [0.1, 0.15) is 17.3 Å². The molecule has 0 N–H and O–H groups in total. The molecule has 35 heavy (non-hydrogen) atoms. The minimum Gasteiger partial charge on any atom is -0.497 e. The van der Waals surface area contributed by atoms with Crippen LogP contribution in [0.15, 0.2) is 83.8 Å². The maximum atomic E-state index is 14.3. The molecule has 1 amide bonds. The number of hydrogen-bond donors (Lipinski definition) is 0. The van der Waals surface area contributed by atoms with E-state index in [-0.39, 0.29) is 10.8 Å². The Morgan fingerprint density at radius 3 is 1.89 bits per heavy atom. The van der Waals surface area contributed by atoms with Crippen LogP contribution in [0.5, 0.6) is 11.5 Å². The average molecular weight is 489 g/mol. The number of sulfonamides is 1. The van der Waals surface area contributed by atoms with Crippen molar-refractivity contribution in [3.8, 4) is 11.5 Å². The van der Waals surface area contributed by atoms with Gasteiger partial charge in [0.25, 0.3) is 15.9 Å². The van der Waals surface area contributed by atoms with Crippen LogP contribution in [0.4, 0.5) is 17.1 Å². The molecule has 1 aliphatic heterocycles. The van der Waals surface area contributed by atoms with E-state index in [9.17, 15) is 13.2 Å². The zero-order valence-electron chi connectivity index (χ0n) is 19.6. The fraction of sp³-hybridized carbons (Fsp3) is 0.148. The second kappa shape index (κ2) is 8.63. The van der Waals surface area contributed by atoms with Crippen LogP contribution in [0.25, 0.3) is 10.8 Å². The maximum absolute atomic E-state index is 14.3. The number of ether oxygens (including phenoxy) is 2. The van der Waals surface area contributed by atoms with E-state index in [0.717, 1.165) is 5.69 Å². The Hall–Kier alpha value is -4.04. The lowest BCUT2D eigenvalue weighted by molar-refractivity contribution is 0.0994. The number of rotatable bonds is 7. The molecule has 1 aliphatic rings. The number of amides is 1. The van der Waals surface area contributed by atoms with Gasteiger partial charge in [-0.3, -0.25) is 4.79 Å². The Morgan fingerprint density at radius 2 is 1.37 bits per heavy atom. The number of nitrogens with zero attached hydrogens (tertiary/aromatic N) is 2. The van der Waals surface area contributed by atoms with Crippen molar-refractivity contribution in [2.45, 2.75) is 11.8 Å². The van der Waals surface area contributed by atoms with Crippen molar-refractivity contribution in [1.82, 2.24) is 0 Å². The quantitative estimate of drug-likeness (QED) is 0.350. The monoisotopic (exact) mass is 488 g/mol. The number of anilines is 3. The zero-order chi connectivity index (χ0) is 24.7. The van der Waals surface area contributed by atoms with E-state index in [0.29, 0.717) is 45.8 Å². The topological polar surface area (TPSA) is 76.2 Å². The van der Waals surface area contributed by atoms with Crippen LogP contribution < -0.4 is 18.7 Å². The average Bonchev–Trinajstić information content (AvgIpc) is 3.17. The predicted molar refractivity (Wildman–Crippen MR) is 137 cm³/mol. The first kappa shape index (κ1) is 22.7. The Morgan fingerprint density at radius 1 is 0.800 bits per heavy atom. The molecule has 5 rings (SSSR count). The molecule has 1 heterocycles. The van der Waals surface area contributed by atoms with Gasteiger partial charge in [0, 0.05) is 22.9 Å². The number of carbonyl (C=O) groups is 1. The maximum Gasteiger partial charge on any atom is 0.269 e. The van der Waals surface area contributed by atoms with Crippen molar-refractivity contribution >= 4 is 43.8 Å². The van der Waals surface area contributed by atoms with Gasteiger partial charge in [-0.2, -0.15) is 0 Å². The van der Waals surface area contributed by atoms with E-state index in [1.165, 1.54) is 4.31 Å². The Kier molecular flexibility index (Phi) is 5.61. The molecule has 0 radical (unpaired) electrons. The molecule has 8 heteroatoms. The van der Waals surface area contributed by atoms with Gasteiger partial charge in [0.15, 0.2) is 0 Å². The van der Waals surface area contributed by atoms with Crippen molar-refractivity contribution < 1.29 is 22.7 Å². The Bertz CT molecular complexity index is 1480. The number of benzene rings is 4. The highest BCUT2D eigenvalue weighted by Crippen LogP contribution is 2.42. The molecule has 4 aromatic rings. The Labute approximate surface area is 204 Å². The van der Waals surface area contributed by atoms with Crippen molar-refractivity contribution in [3.05, 3.63) is 84.4 Å². The molecule has 0 aliphatic carbocycles. The lowest BCUT2D eigenvalue weighted by Crippen LogP contribution is -2.27. The minimum absolute atomic E-state index is 0.121. The summed E-state index contributed by atoms with van der Waals surface area (Å²) in [5, 5.41) is 1.17. The lowest BCUT2D eigenvalue weighted by atomic mass is 10.1. The molecular formula is C27H24N2O5S. The largest absolute Gasteiger partial charge is 0.497 e. The molecule has 0 spiro atoms. The third-order valence-electron chi connectivity index (χ3n) is 6.19. The summed E-state index contributed by atoms with van der Waals surface area (Å²) in [6, 6.07) is 22.2. The second-order valence-electron chi connectivity index (χ2n) is 8.03. The molecule has 0 unspecified atom stereocenters. The van der Waals surface area contributed by atoms with E-state index >= 15 is 0 Å². The van der Waals surface area contributed by atoms with Gasteiger partial charge in [-0.05, 0) is 73.7 Å². The van der Waals surface area contributed by atoms with Crippen LogP contribution >= 0.6 is 0 Å². The molecule has 0 atom stereocenters. The smallest absolute Gasteiger partial charge is 0.269 e. The van der Waals surface area contributed by atoms with Gasteiger partial charge in [0.1, 0.15) is 11.5 Å². The summed E-state index contributed by atoms with van der Waals surface area (Å²) >= 11 is 0. The molecule has 0 saturated heterocycles. The summed E-state index contributed by atoms with van der Waals surface area (Å²) in [4.78, 5) is 14.7. The third kappa shape index (κ3) is 3.57. The highest BCUT2D eigenvalue weighted by Gasteiger charge is 2.34. The number of carbonyl (C=O) groups excluding carboxylic acids is 1. The number of hydrogen-bond acceptors (Lipinski definition) is 5. The molecule has 7 nitrogen and oxygen atoms in total. The van der Waals surface area contributed by atoms with E-state index in [1.807, 2.05) is 6.92 Å². The second-order valence-corrected chi connectivity index (χ2v) is 9.78. The molecule has 4 aromatic carbocycles.